The molecule has 54 heavy (non-hydrogen) atoms. The summed E-state index contributed by atoms with van der Waals surface area (Å²) in [5.41, 5.74) is 5.36. The first-order chi connectivity index (χ1) is 25.9. The lowest BCUT2D eigenvalue weighted by Gasteiger charge is -2.57. The van der Waals surface area contributed by atoms with Gasteiger partial charge < -0.3 is 31.1 Å². The first-order valence-corrected chi connectivity index (χ1v) is 21.0. The average molecular weight is 745 g/mol. The molecule has 3 aliphatic rings. The second-order valence-corrected chi connectivity index (χ2v) is 16.9. The monoisotopic (exact) mass is 745 g/mol. The number of rotatable bonds is 16. The van der Waals surface area contributed by atoms with Crippen LogP contribution in [-0.4, -0.2) is 77.3 Å². The predicted molar refractivity (Wildman–Crippen MR) is 222 cm³/mol. The molecule has 8 atom stereocenters. The summed E-state index contributed by atoms with van der Waals surface area (Å²) in [4.78, 5) is 12.2. The van der Waals surface area contributed by atoms with E-state index in [1.807, 2.05) is 26.1 Å². The van der Waals surface area contributed by atoms with Gasteiger partial charge >= 0.3 is 0 Å². The normalized spacial score (nSPS) is 32.1. The van der Waals surface area contributed by atoms with Crippen LogP contribution in [0.15, 0.2) is 83.0 Å². The van der Waals surface area contributed by atoms with Gasteiger partial charge in [0.05, 0.1) is 17.8 Å². The minimum absolute atomic E-state index is 0.00231. The average Bonchev–Trinajstić information content (AvgIpc) is 3.50. The van der Waals surface area contributed by atoms with Gasteiger partial charge in [-0.3, -0.25) is 4.79 Å². The Bertz CT molecular complexity index is 1510. The Hall–Kier alpha value is -2.65. The maximum atomic E-state index is 12.7. The lowest BCUT2D eigenvalue weighted by Crippen LogP contribution is -2.61. The number of benzene rings is 1. The number of aldehydes is 1. The van der Waals surface area contributed by atoms with Crippen LogP contribution < -0.4 is 10.6 Å². The molecule has 7 nitrogen and oxygen atoms in total. The van der Waals surface area contributed by atoms with Gasteiger partial charge in [-0.2, -0.15) is 0 Å². The Morgan fingerprint density at radius 2 is 1.93 bits per heavy atom. The van der Waals surface area contributed by atoms with Crippen molar-refractivity contribution in [1.29, 1.82) is 0 Å². The molecule has 4 rings (SSSR count). The van der Waals surface area contributed by atoms with Gasteiger partial charge in [0.2, 0.25) is 0 Å². The van der Waals surface area contributed by atoms with Gasteiger partial charge in [-0.25, -0.2) is 0 Å². The van der Waals surface area contributed by atoms with E-state index in [9.17, 15) is 25.2 Å². The third kappa shape index (κ3) is 10.6. The molecule has 1 aromatic rings. The topological polar surface area (TPSA) is 122 Å². The third-order valence-electron chi connectivity index (χ3n) is 13.1. The Morgan fingerprint density at radius 3 is 2.63 bits per heavy atom. The number of aliphatic hydroxyl groups excluding tert-OH is 3. The number of nitrogens with one attached hydrogen (secondary N) is 2. The van der Waals surface area contributed by atoms with Gasteiger partial charge in [0, 0.05) is 30.5 Å². The molecule has 300 valence electrons. The highest BCUT2D eigenvalue weighted by Crippen LogP contribution is 2.64. The van der Waals surface area contributed by atoms with Crippen LogP contribution in [0.2, 0.25) is 0 Å². The quantitative estimate of drug-likeness (QED) is 0.0341. The van der Waals surface area contributed by atoms with Crippen molar-refractivity contribution in [2.75, 3.05) is 26.7 Å². The minimum Gasteiger partial charge on any atom is -0.396 e. The number of hydrogen-bond acceptors (Lipinski definition) is 7. The highest BCUT2D eigenvalue weighted by molar-refractivity contribution is 5.74. The molecule has 0 saturated heterocycles. The van der Waals surface area contributed by atoms with Crippen molar-refractivity contribution in [1.82, 2.24) is 10.6 Å². The van der Waals surface area contributed by atoms with Crippen molar-refractivity contribution in [3.63, 3.8) is 0 Å². The predicted octanol–water partition coefficient (Wildman–Crippen LogP) is 7.49. The van der Waals surface area contributed by atoms with E-state index < -0.39 is 23.2 Å². The summed E-state index contributed by atoms with van der Waals surface area (Å²) in [7, 11) is 1.87. The molecule has 1 aromatic carbocycles. The number of aliphatic hydroxyl groups is 4. The van der Waals surface area contributed by atoms with Crippen molar-refractivity contribution in [3.8, 4) is 0 Å². The van der Waals surface area contributed by atoms with Gasteiger partial charge in [-0.1, -0.05) is 98.1 Å². The van der Waals surface area contributed by atoms with Crippen LogP contribution in [0.25, 0.3) is 0 Å². The SMILES string of the molecule is C=C(/C=C/C=C(/[C@H](O)CCCCC)[C@@H]1CC[C@]2([C@@H]1O)[C@@H](CCCO)/C(=C(/C)C=O)CC[C@]2(O)CCNC)[C@@H]1C/C=C(\C)CN[C@@H](C)Cc2cccc(c2)C1. The maximum absolute atomic E-state index is 12.7. The standard InChI is InChI=1S/C47H72N2O5/c1-7-8-9-18-44(52)41(16-10-13-34(3)39-20-19-33(2)31-49-36(5)28-37-14-11-15-38(29-37)30-39)42-22-24-47(45(42)53)43(17-12-27-50)40(35(4)32-51)21-23-46(47,54)25-26-48-6/h10-11,13-16,19,29,32,36,39,42-45,48-50,52-54H,3,7-9,12,17-18,20-28,30-31H2,1-2,4-6H3/b13-10+,33-19+,40-35-,41-16+/t36-,39+,42-,43-,44+,45+,46-,47+/m0/s1. The van der Waals surface area contributed by atoms with Crippen molar-refractivity contribution >= 4 is 6.29 Å². The van der Waals surface area contributed by atoms with Gasteiger partial charge in [0.1, 0.15) is 6.29 Å². The lowest BCUT2D eigenvalue weighted by atomic mass is 9.51. The highest BCUT2D eigenvalue weighted by Gasteiger charge is 2.65. The zero-order valence-corrected chi connectivity index (χ0v) is 34.1. The zero-order chi connectivity index (χ0) is 39.3. The first-order valence-electron chi connectivity index (χ1n) is 21.0. The molecule has 1 spiro atoms. The molecule has 0 aromatic heterocycles. The number of hydrogen-bond donors (Lipinski definition) is 6. The van der Waals surface area contributed by atoms with Gasteiger partial charge in [-0.05, 0) is 139 Å². The zero-order valence-electron chi connectivity index (χ0n) is 34.1. The van der Waals surface area contributed by atoms with Crippen molar-refractivity contribution in [2.45, 2.75) is 141 Å². The Kier molecular flexibility index (Phi) is 17.2. The van der Waals surface area contributed by atoms with Crippen molar-refractivity contribution < 1.29 is 25.2 Å². The van der Waals surface area contributed by atoms with E-state index in [-0.39, 0.29) is 24.4 Å². The highest BCUT2D eigenvalue weighted by atomic mass is 16.3. The Labute approximate surface area is 326 Å². The van der Waals surface area contributed by atoms with E-state index in [1.165, 1.54) is 16.7 Å². The van der Waals surface area contributed by atoms with Gasteiger partial charge in [-0.15, -0.1) is 0 Å². The van der Waals surface area contributed by atoms with Gasteiger partial charge in [0.25, 0.3) is 0 Å². The first kappa shape index (κ1) is 44.1. The van der Waals surface area contributed by atoms with Crippen LogP contribution in [0.5, 0.6) is 0 Å². The third-order valence-corrected chi connectivity index (χ3v) is 13.1. The fraction of sp³-hybridized carbons (Fsp3) is 0.638. The van der Waals surface area contributed by atoms with Crippen molar-refractivity contribution in [3.05, 3.63) is 94.1 Å². The van der Waals surface area contributed by atoms with E-state index in [0.717, 1.165) is 68.1 Å². The van der Waals surface area contributed by atoms with Crippen molar-refractivity contribution in [2.24, 2.45) is 23.2 Å². The molecule has 0 radical (unpaired) electrons. The molecule has 0 amide bonds. The fourth-order valence-electron chi connectivity index (χ4n) is 10.0. The summed E-state index contributed by atoms with van der Waals surface area (Å²) in [6, 6.07) is 9.31. The second-order valence-electron chi connectivity index (χ2n) is 16.9. The molecule has 2 saturated carbocycles. The molecule has 0 unspecified atom stereocenters. The van der Waals surface area contributed by atoms with E-state index in [2.05, 4.69) is 74.4 Å². The summed E-state index contributed by atoms with van der Waals surface area (Å²) >= 11 is 0. The number of carbonyl (C=O) groups is 1. The maximum Gasteiger partial charge on any atom is 0.145 e. The summed E-state index contributed by atoms with van der Waals surface area (Å²) in [6.07, 6.45) is 17.8. The Morgan fingerprint density at radius 1 is 1.17 bits per heavy atom. The lowest BCUT2D eigenvalue weighted by molar-refractivity contribution is -0.181. The molecule has 2 fully saturated rings. The summed E-state index contributed by atoms with van der Waals surface area (Å²) in [6.45, 7) is 14.4. The fourth-order valence-corrected chi connectivity index (χ4v) is 10.0. The van der Waals surface area contributed by atoms with E-state index in [0.29, 0.717) is 69.5 Å². The number of allylic oxidation sites excluding steroid dienone is 7. The van der Waals surface area contributed by atoms with Crippen LogP contribution in [0.4, 0.5) is 0 Å². The molecule has 7 heteroatoms. The van der Waals surface area contributed by atoms with E-state index >= 15 is 0 Å². The largest absolute Gasteiger partial charge is 0.396 e. The molecule has 1 aliphatic heterocycles. The molecule has 2 bridgehead atoms. The number of carbonyl (C=O) groups excluding carboxylic acids is 1. The van der Waals surface area contributed by atoms with Crippen LogP contribution in [0.1, 0.15) is 116 Å². The summed E-state index contributed by atoms with van der Waals surface area (Å²) in [5, 5.41) is 54.1. The molecule has 1 heterocycles. The van der Waals surface area contributed by atoms with E-state index in [4.69, 9.17) is 0 Å². The molecular formula is C47H72N2O5. The second kappa shape index (κ2) is 21.0. The minimum atomic E-state index is -1.18. The van der Waals surface area contributed by atoms with Crippen LogP contribution >= 0.6 is 0 Å². The van der Waals surface area contributed by atoms with Crippen LogP contribution in [0.3, 0.4) is 0 Å². The van der Waals surface area contributed by atoms with Gasteiger partial charge in [0.15, 0.2) is 0 Å². The van der Waals surface area contributed by atoms with E-state index in [1.54, 1.807) is 0 Å². The van der Waals surface area contributed by atoms with Crippen LogP contribution in [-0.2, 0) is 17.6 Å². The molecular weight excluding hydrogens is 673 g/mol. The number of unbranched alkanes of at least 4 members (excludes halogenated alkanes) is 2. The summed E-state index contributed by atoms with van der Waals surface area (Å²) < 4.78 is 0. The summed E-state index contributed by atoms with van der Waals surface area (Å²) in [5.74, 6) is -0.413. The Balaban J connectivity index is 1.72. The smallest absolute Gasteiger partial charge is 0.145 e. The molecule has 6 N–H and O–H groups in total. The van der Waals surface area contributed by atoms with Crippen LogP contribution in [0, 0.1) is 23.2 Å². The number of fused-ring (bicyclic) bond motifs is 2. The molecule has 2 aliphatic carbocycles.